The number of piperidine rings is 1. The summed E-state index contributed by atoms with van der Waals surface area (Å²) in [4.78, 5) is 6.34. The highest BCUT2D eigenvalue weighted by atomic mass is 19.1. The third kappa shape index (κ3) is 2.89. The van der Waals surface area contributed by atoms with E-state index in [0.29, 0.717) is 11.0 Å². The molecule has 1 saturated heterocycles. The lowest BCUT2D eigenvalue weighted by Gasteiger charge is -2.41. The Morgan fingerprint density at radius 2 is 1.95 bits per heavy atom. The van der Waals surface area contributed by atoms with Crippen LogP contribution < -0.4 is 4.90 Å². The molecule has 0 spiro atoms. The van der Waals surface area contributed by atoms with E-state index < -0.39 is 0 Å². The Kier molecular flexibility index (Phi) is 4.40. The number of pyridine rings is 1. The van der Waals surface area contributed by atoms with Gasteiger partial charge >= 0.3 is 0 Å². The van der Waals surface area contributed by atoms with Crippen molar-refractivity contribution in [3.8, 4) is 0 Å². The zero-order chi connectivity index (χ0) is 13.9. The molecule has 0 bridgehead atoms. The van der Waals surface area contributed by atoms with E-state index in [1.54, 1.807) is 0 Å². The molecule has 0 unspecified atom stereocenters. The minimum absolute atomic E-state index is 0.163. The summed E-state index contributed by atoms with van der Waals surface area (Å²) in [6, 6.07) is 1.38. The first kappa shape index (κ1) is 14.3. The molecule has 1 aromatic heterocycles. The van der Waals surface area contributed by atoms with E-state index in [9.17, 15) is 9.50 Å². The summed E-state index contributed by atoms with van der Waals surface area (Å²) in [6.45, 7) is 6.23. The maximum atomic E-state index is 13.1. The molecule has 106 valence electrons. The molecule has 1 aliphatic rings. The molecule has 0 aromatic carbocycles. The summed E-state index contributed by atoms with van der Waals surface area (Å²) in [5.41, 5.74) is 1.04. The number of anilines is 1. The van der Waals surface area contributed by atoms with Crippen LogP contribution in [0.4, 0.5) is 10.2 Å². The second kappa shape index (κ2) is 5.87. The third-order valence-corrected chi connectivity index (χ3v) is 4.70. The zero-order valence-corrected chi connectivity index (χ0v) is 11.8. The fourth-order valence-electron chi connectivity index (χ4n) is 3.03. The monoisotopic (exact) mass is 266 g/mol. The van der Waals surface area contributed by atoms with Crippen LogP contribution in [-0.2, 0) is 6.61 Å². The van der Waals surface area contributed by atoms with Gasteiger partial charge in [-0.3, -0.25) is 0 Å². The normalized spacial score (nSPS) is 18.6. The van der Waals surface area contributed by atoms with Crippen molar-refractivity contribution in [3.05, 3.63) is 23.6 Å². The number of hydrogen-bond acceptors (Lipinski definition) is 3. The Balaban J connectivity index is 2.13. The van der Waals surface area contributed by atoms with Gasteiger partial charge in [0.05, 0.1) is 12.8 Å². The summed E-state index contributed by atoms with van der Waals surface area (Å²) < 4.78 is 13.1. The molecule has 2 rings (SSSR count). The first-order chi connectivity index (χ1) is 9.14. The van der Waals surface area contributed by atoms with Gasteiger partial charge in [-0.15, -0.1) is 0 Å². The summed E-state index contributed by atoms with van der Waals surface area (Å²) in [7, 11) is 0. The highest BCUT2D eigenvalue weighted by Gasteiger charge is 2.32. The number of hydrogen-bond donors (Lipinski definition) is 1. The predicted molar refractivity (Wildman–Crippen MR) is 74.6 cm³/mol. The largest absolute Gasteiger partial charge is 0.392 e. The van der Waals surface area contributed by atoms with Gasteiger partial charge in [0.25, 0.3) is 0 Å². The van der Waals surface area contributed by atoms with Gasteiger partial charge in [0, 0.05) is 18.7 Å². The van der Waals surface area contributed by atoms with Crippen molar-refractivity contribution in [1.29, 1.82) is 0 Å². The summed E-state index contributed by atoms with van der Waals surface area (Å²) in [5.74, 6) is 0.353. The molecule has 0 amide bonds. The first-order valence-corrected chi connectivity index (χ1v) is 7.14. The molecule has 1 fully saturated rings. The van der Waals surface area contributed by atoms with Crippen molar-refractivity contribution in [2.75, 3.05) is 18.0 Å². The van der Waals surface area contributed by atoms with E-state index in [1.165, 1.54) is 25.1 Å². The van der Waals surface area contributed by atoms with Crippen LogP contribution in [0.25, 0.3) is 0 Å². The van der Waals surface area contributed by atoms with Crippen molar-refractivity contribution in [3.63, 3.8) is 0 Å². The average Bonchev–Trinajstić information content (AvgIpc) is 2.47. The van der Waals surface area contributed by atoms with Crippen LogP contribution in [0.3, 0.4) is 0 Å². The first-order valence-electron chi connectivity index (χ1n) is 7.14. The lowest BCUT2D eigenvalue weighted by atomic mass is 9.74. The molecular formula is C15H23FN2O. The highest BCUT2D eigenvalue weighted by Crippen LogP contribution is 2.39. The van der Waals surface area contributed by atoms with Crippen LogP contribution in [0, 0.1) is 11.2 Å². The van der Waals surface area contributed by atoms with Crippen molar-refractivity contribution in [1.82, 2.24) is 4.98 Å². The van der Waals surface area contributed by atoms with E-state index in [2.05, 4.69) is 23.7 Å². The topological polar surface area (TPSA) is 36.4 Å². The summed E-state index contributed by atoms with van der Waals surface area (Å²) >= 11 is 0. The highest BCUT2D eigenvalue weighted by molar-refractivity contribution is 5.47. The van der Waals surface area contributed by atoms with Crippen LogP contribution in [0.1, 0.15) is 45.1 Å². The van der Waals surface area contributed by atoms with Crippen LogP contribution in [0.15, 0.2) is 12.3 Å². The predicted octanol–water partition coefficient (Wildman–Crippen LogP) is 3.12. The lowest BCUT2D eigenvalue weighted by Crippen LogP contribution is -2.40. The molecule has 1 aromatic rings. The molecule has 0 aliphatic carbocycles. The number of aliphatic hydroxyl groups excluding tert-OH is 1. The Morgan fingerprint density at radius 1 is 1.32 bits per heavy atom. The van der Waals surface area contributed by atoms with Gasteiger partial charge in [-0.05, 0) is 24.3 Å². The van der Waals surface area contributed by atoms with Gasteiger partial charge in [0.2, 0.25) is 0 Å². The van der Waals surface area contributed by atoms with Crippen molar-refractivity contribution in [2.45, 2.75) is 46.1 Å². The quantitative estimate of drug-likeness (QED) is 0.909. The van der Waals surface area contributed by atoms with Gasteiger partial charge in [-0.2, -0.15) is 0 Å². The van der Waals surface area contributed by atoms with Gasteiger partial charge in [-0.1, -0.05) is 26.7 Å². The molecule has 3 nitrogen and oxygen atoms in total. The van der Waals surface area contributed by atoms with E-state index >= 15 is 0 Å². The Hall–Kier alpha value is -1.16. The fourth-order valence-corrected chi connectivity index (χ4v) is 3.03. The zero-order valence-electron chi connectivity index (χ0n) is 11.8. The van der Waals surface area contributed by atoms with Crippen LogP contribution in [-0.4, -0.2) is 23.2 Å². The lowest BCUT2D eigenvalue weighted by molar-refractivity contribution is 0.198. The summed E-state index contributed by atoms with van der Waals surface area (Å²) in [6.07, 6.45) is 5.94. The van der Waals surface area contributed by atoms with E-state index in [1.807, 2.05) is 0 Å². The molecule has 0 radical (unpaired) electrons. The Bertz CT molecular complexity index is 422. The minimum atomic E-state index is -0.388. The van der Waals surface area contributed by atoms with E-state index in [4.69, 9.17) is 0 Å². The van der Waals surface area contributed by atoms with Gasteiger partial charge in [0.15, 0.2) is 0 Å². The smallest absolute Gasteiger partial charge is 0.142 e. The SMILES string of the molecule is CCC1(CC)CCN(c2ncc(F)cc2CO)CC1. The number of rotatable bonds is 4. The standard InChI is InChI=1S/C15H23FN2O/c1-3-15(4-2)5-7-18(8-6-15)14-12(11-19)9-13(16)10-17-14/h9-10,19H,3-8,11H2,1-2H3. The van der Waals surface area contributed by atoms with E-state index in [0.717, 1.165) is 31.7 Å². The maximum Gasteiger partial charge on any atom is 0.142 e. The van der Waals surface area contributed by atoms with Crippen molar-refractivity contribution < 1.29 is 9.50 Å². The van der Waals surface area contributed by atoms with Crippen LogP contribution in [0.5, 0.6) is 0 Å². The molecule has 2 heterocycles. The summed E-state index contributed by atoms with van der Waals surface area (Å²) in [5, 5.41) is 9.34. The number of aliphatic hydroxyl groups is 1. The molecule has 19 heavy (non-hydrogen) atoms. The Labute approximate surface area is 114 Å². The van der Waals surface area contributed by atoms with E-state index in [-0.39, 0.29) is 12.4 Å². The van der Waals surface area contributed by atoms with Gasteiger partial charge in [-0.25, -0.2) is 9.37 Å². The number of halogens is 1. The minimum Gasteiger partial charge on any atom is -0.392 e. The molecule has 1 aliphatic heterocycles. The number of aromatic nitrogens is 1. The maximum absolute atomic E-state index is 13.1. The molecule has 1 N–H and O–H groups in total. The molecule has 0 atom stereocenters. The van der Waals surface area contributed by atoms with Crippen molar-refractivity contribution in [2.24, 2.45) is 5.41 Å². The van der Waals surface area contributed by atoms with Crippen LogP contribution >= 0.6 is 0 Å². The number of nitrogens with zero attached hydrogens (tertiary/aromatic N) is 2. The van der Waals surface area contributed by atoms with Gasteiger partial charge in [0.1, 0.15) is 11.6 Å². The fraction of sp³-hybridized carbons (Fsp3) is 0.667. The van der Waals surface area contributed by atoms with Crippen molar-refractivity contribution >= 4 is 5.82 Å². The molecule has 0 saturated carbocycles. The third-order valence-electron chi connectivity index (χ3n) is 4.70. The second-order valence-electron chi connectivity index (χ2n) is 5.49. The van der Waals surface area contributed by atoms with Gasteiger partial charge < -0.3 is 10.0 Å². The average molecular weight is 266 g/mol. The van der Waals surface area contributed by atoms with Crippen LogP contribution in [0.2, 0.25) is 0 Å². The second-order valence-corrected chi connectivity index (χ2v) is 5.49. The Morgan fingerprint density at radius 3 is 2.47 bits per heavy atom. The molecule has 4 heteroatoms. The molecular weight excluding hydrogens is 243 g/mol.